The standard InChI is InChI=1S/C8H14O5/c1-2-3-13-8(12)5-6(9)4-7(10)11/h6,9H,2-5H2,1H3,(H,10,11)/t6-/m0/s1. The third-order valence-corrected chi connectivity index (χ3v) is 1.28. The fourth-order valence-corrected chi connectivity index (χ4v) is 0.741. The molecule has 0 aromatic heterocycles. The number of rotatable bonds is 6. The molecule has 1 atom stereocenters. The summed E-state index contributed by atoms with van der Waals surface area (Å²) in [6.45, 7) is 2.15. The molecule has 0 saturated carbocycles. The molecule has 5 heteroatoms. The third kappa shape index (κ3) is 7.27. The Kier molecular flexibility index (Phi) is 5.88. The number of hydrogen-bond acceptors (Lipinski definition) is 4. The van der Waals surface area contributed by atoms with Crippen LogP contribution in [0.25, 0.3) is 0 Å². The van der Waals surface area contributed by atoms with Gasteiger partial charge in [0.25, 0.3) is 0 Å². The molecule has 0 radical (unpaired) electrons. The fourth-order valence-electron chi connectivity index (χ4n) is 0.741. The van der Waals surface area contributed by atoms with Crippen LogP contribution in [0.5, 0.6) is 0 Å². The van der Waals surface area contributed by atoms with Crippen LogP contribution in [0.15, 0.2) is 0 Å². The molecule has 2 N–H and O–H groups in total. The summed E-state index contributed by atoms with van der Waals surface area (Å²) in [5.74, 6) is -1.69. The Balaban J connectivity index is 3.59. The zero-order valence-electron chi connectivity index (χ0n) is 7.52. The van der Waals surface area contributed by atoms with Gasteiger partial charge in [-0.1, -0.05) is 6.92 Å². The molecular weight excluding hydrogens is 176 g/mol. The van der Waals surface area contributed by atoms with Crippen LogP contribution in [-0.2, 0) is 14.3 Å². The second kappa shape index (κ2) is 6.42. The summed E-state index contributed by atoms with van der Waals surface area (Å²) in [6, 6.07) is 0. The normalized spacial score (nSPS) is 12.2. The van der Waals surface area contributed by atoms with Gasteiger partial charge in [-0.25, -0.2) is 0 Å². The highest BCUT2D eigenvalue weighted by Crippen LogP contribution is 2.00. The molecule has 0 aliphatic heterocycles. The number of carbonyl (C=O) groups is 2. The number of carboxylic acids is 1. The van der Waals surface area contributed by atoms with Crippen LogP contribution in [0.1, 0.15) is 26.2 Å². The molecule has 0 aliphatic carbocycles. The smallest absolute Gasteiger partial charge is 0.308 e. The first kappa shape index (κ1) is 11.9. The van der Waals surface area contributed by atoms with E-state index < -0.39 is 24.5 Å². The highest BCUT2D eigenvalue weighted by molar-refractivity contribution is 5.72. The number of hydrogen-bond donors (Lipinski definition) is 2. The van der Waals surface area contributed by atoms with Crippen molar-refractivity contribution in [2.75, 3.05) is 6.61 Å². The van der Waals surface area contributed by atoms with Crippen LogP contribution in [0, 0.1) is 0 Å². The van der Waals surface area contributed by atoms with Crippen molar-refractivity contribution in [2.45, 2.75) is 32.3 Å². The van der Waals surface area contributed by atoms with Gasteiger partial charge in [-0.05, 0) is 6.42 Å². The highest BCUT2D eigenvalue weighted by atomic mass is 16.5. The minimum absolute atomic E-state index is 0.258. The third-order valence-electron chi connectivity index (χ3n) is 1.28. The molecule has 76 valence electrons. The monoisotopic (exact) mass is 190 g/mol. The summed E-state index contributed by atoms with van der Waals surface area (Å²) < 4.78 is 4.65. The van der Waals surface area contributed by atoms with Crippen molar-refractivity contribution < 1.29 is 24.5 Å². The van der Waals surface area contributed by atoms with Crippen molar-refractivity contribution in [3.8, 4) is 0 Å². The molecule has 0 heterocycles. The Labute approximate surface area is 76.3 Å². The summed E-state index contributed by atoms with van der Waals surface area (Å²) in [6.07, 6.45) is -1.13. The van der Waals surface area contributed by atoms with Gasteiger partial charge < -0.3 is 14.9 Å². The Morgan fingerprint density at radius 1 is 1.38 bits per heavy atom. The van der Waals surface area contributed by atoms with E-state index in [9.17, 15) is 9.59 Å². The number of esters is 1. The van der Waals surface area contributed by atoms with E-state index in [4.69, 9.17) is 10.2 Å². The highest BCUT2D eigenvalue weighted by Gasteiger charge is 2.14. The van der Waals surface area contributed by atoms with Gasteiger partial charge >= 0.3 is 11.9 Å². The van der Waals surface area contributed by atoms with Crippen LogP contribution in [0.3, 0.4) is 0 Å². The van der Waals surface area contributed by atoms with Crippen molar-refractivity contribution in [3.05, 3.63) is 0 Å². The van der Waals surface area contributed by atoms with Crippen molar-refractivity contribution in [3.63, 3.8) is 0 Å². The van der Waals surface area contributed by atoms with Gasteiger partial charge in [0.15, 0.2) is 0 Å². The maximum absolute atomic E-state index is 10.8. The molecule has 0 spiro atoms. The summed E-state index contributed by atoms with van der Waals surface area (Å²) in [4.78, 5) is 20.9. The molecule has 0 aromatic rings. The summed E-state index contributed by atoms with van der Waals surface area (Å²) in [5.41, 5.74) is 0. The number of carbonyl (C=O) groups excluding carboxylic acids is 1. The van der Waals surface area contributed by atoms with Crippen LogP contribution in [0.4, 0.5) is 0 Å². The van der Waals surface area contributed by atoms with Crippen LogP contribution < -0.4 is 0 Å². The minimum Gasteiger partial charge on any atom is -0.481 e. The molecule has 0 aliphatic rings. The van der Waals surface area contributed by atoms with Gasteiger partial charge in [0.1, 0.15) is 0 Å². The van der Waals surface area contributed by atoms with Crippen molar-refractivity contribution in [1.29, 1.82) is 0 Å². The van der Waals surface area contributed by atoms with Gasteiger partial charge in [0, 0.05) is 0 Å². The quantitative estimate of drug-likeness (QED) is 0.583. The lowest BCUT2D eigenvalue weighted by atomic mass is 10.2. The largest absolute Gasteiger partial charge is 0.481 e. The van der Waals surface area contributed by atoms with E-state index in [2.05, 4.69) is 4.74 Å². The zero-order valence-corrected chi connectivity index (χ0v) is 7.52. The molecule has 13 heavy (non-hydrogen) atoms. The first-order valence-electron chi connectivity index (χ1n) is 4.11. The predicted octanol–water partition coefficient (Wildman–Crippen LogP) is 0.165. The average Bonchev–Trinajstić information content (AvgIpc) is 1.98. The Bertz CT molecular complexity index is 177. The van der Waals surface area contributed by atoms with E-state index in [0.29, 0.717) is 13.0 Å². The number of ether oxygens (including phenoxy) is 1. The molecule has 0 amide bonds. The number of aliphatic hydroxyl groups excluding tert-OH is 1. The van der Waals surface area contributed by atoms with E-state index in [1.165, 1.54) is 0 Å². The van der Waals surface area contributed by atoms with Crippen molar-refractivity contribution >= 4 is 11.9 Å². The van der Waals surface area contributed by atoms with E-state index in [0.717, 1.165) is 0 Å². The van der Waals surface area contributed by atoms with Crippen LogP contribution >= 0.6 is 0 Å². The Morgan fingerprint density at radius 3 is 2.46 bits per heavy atom. The molecule has 0 unspecified atom stereocenters. The van der Waals surface area contributed by atoms with E-state index >= 15 is 0 Å². The predicted molar refractivity (Wildman–Crippen MR) is 44.1 cm³/mol. The van der Waals surface area contributed by atoms with Crippen molar-refractivity contribution in [1.82, 2.24) is 0 Å². The Hall–Kier alpha value is -1.10. The second-order valence-corrected chi connectivity index (χ2v) is 2.68. The van der Waals surface area contributed by atoms with Crippen LogP contribution in [0.2, 0.25) is 0 Å². The maximum Gasteiger partial charge on any atom is 0.308 e. The Morgan fingerprint density at radius 2 is 2.00 bits per heavy atom. The molecule has 0 fully saturated rings. The van der Waals surface area contributed by atoms with Crippen LogP contribution in [-0.4, -0.2) is 34.9 Å². The lowest BCUT2D eigenvalue weighted by Crippen LogP contribution is -2.19. The lowest BCUT2D eigenvalue weighted by Gasteiger charge is -2.06. The second-order valence-electron chi connectivity index (χ2n) is 2.68. The van der Waals surface area contributed by atoms with Gasteiger partial charge in [0.05, 0.1) is 25.6 Å². The van der Waals surface area contributed by atoms with Gasteiger partial charge in [-0.15, -0.1) is 0 Å². The topological polar surface area (TPSA) is 83.8 Å². The van der Waals surface area contributed by atoms with Gasteiger partial charge in [-0.2, -0.15) is 0 Å². The summed E-state index contributed by atoms with van der Waals surface area (Å²) >= 11 is 0. The van der Waals surface area contributed by atoms with Crippen molar-refractivity contribution in [2.24, 2.45) is 0 Å². The zero-order chi connectivity index (χ0) is 10.3. The number of aliphatic hydroxyl groups is 1. The molecule has 0 saturated heterocycles. The summed E-state index contributed by atoms with van der Waals surface area (Å²) in [5, 5.41) is 17.3. The molecule has 0 rings (SSSR count). The van der Waals surface area contributed by atoms with E-state index in [1.807, 2.05) is 6.92 Å². The molecule has 0 bridgehead atoms. The molecule has 0 aromatic carbocycles. The van der Waals surface area contributed by atoms with Gasteiger partial charge in [-0.3, -0.25) is 9.59 Å². The van der Waals surface area contributed by atoms with E-state index in [1.54, 1.807) is 0 Å². The van der Waals surface area contributed by atoms with Gasteiger partial charge in [0.2, 0.25) is 0 Å². The first-order valence-corrected chi connectivity index (χ1v) is 4.11. The minimum atomic E-state index is -1.15. The number of carboxylic acid groups (broad SMARTS) is 1. The van der Waals surface area contributed by atoms with E-state index in [-0.39, 0.29) is 6.42 Å². The molecular formula is C8H14O5. The SMILES string of the molecule is CCCOC(=O)C[C@@H](O)CC(=O)O. The lowest BCUT2D eigenvalue weighted by molar-refractivity contribution is -0.147. The first-order chi connectivity index (χ1) is 6.06. The number of aliphatic carboxylic acids is 1. The maximum atomic E-state index is 10.8. The summed E-state index contributed by atoms with van der Waals surface area (Å²) in [7, 11) is 0. The molecule has 5 nitrogen and oxygen atoms in total. The fraction of sp³-hybridized carbons (Fsp3) is 0.750. The average molecular weight is 190 g/mol.